The average Bonchev–Trinajstić information content (AvgIpc) is 2.64. The van der Waals surface area contributed by atoms with Gasteiger partial charge in [-0.15, -0.1) is 4.91 Å². The van der Waals surface area contributed by atoms with E-state index < -0.39 is 11.6 Å². The standard InChI is InChI=1S/C20H32N4O5/c1-7-23(8-2)19(27)21-15-9-10-18(17(11-15)14(3)25)29-13-16(26)12-24(22-28)20(4,5)6/h9-11,16,26H,7-8,12-13H2,1-6H3,(H,21,27). The zero-order valence-electron chi connectivity index (χ0n) is 18.1. The van der Waals surface area contributed by atoms with Crippen LogP contribution in [0.15, 0.2) is 23.5 Å². The summed E-state index contributed by atoms with van der Waals surface area (Å²) in [6.45, 7) is 11.6. The van der Waals surface area contributed by atoms with E-state index in [1.807, 2.05) is 13.8 Å². The summed E-state index contributed by atoms with van der Waals surface area (Å²) < 4.78 is 5.60. The molecule has 29 heavy (non-hydrogen) atoms. The third-order valence-corrected chi connectivity index (χ3v) is 4.35. The zero-order chi connectivity index (χ0) is 22.2. The minimum Gasteiger partial charge on any atom is -0.490 e. The van der Waals surface area contributed by atoms with Crippen LogP contribution >= 0.6 is 0 Å². The Bertz CT molecular complexity index is 713. The fraction of sp³-hybridized carbons (Fsp3) is 0.600. The van der Waals surface area contributed by atoms with Crippen LogP contribution in [0.25, 0.3) is 0 Å². The number of anilines is 1. The van der Waals surface area contributed by atoms with Gasteiger partial charge in [-0.3, -0.25) is 9.80 Å². The van der Waals surface area contributed by atoms with Gasteiger partial charge in [0.05, 0.1) is 22.9 Å². The number of amides is 2. The predicted molar refractivity (Wildman–Crippen MR) is 112 cm³/mol. The molecule has 0 aliphatic carbocycles. The number of nitrogens with one attached hydrogen (secondary N) is 1. The highest BCUT2D eigenvalue weighted by Gasteiger charge is 2.24. The lowest BCUT2D eigenvalue weighted by molar-refractivity contribution is 0.0332. The molecule has 9 heteroatoms. The molecule has 2 N–H and O–H groups in total. The van der Waals surface area contributed by atoms with Crippen molar-refractivity contribution in [2.24, 2.45) is 5.29 Å². The number of aliphatic hydroxyl groups excluding tert-OH is 1. The number of aliphatic hydroxyl groups is 1. The summed E-state index contributed by atoms with van der Waals surface area (Å²) in [5.41, 5.74) is 0.234. The van der Waals surface area contributed by atoms with Gasteiger partial charge in [-0.25, -0.2) is 4.79 Å². The maximum atomic E-state index is 12.2. The Morgan fingerprint density at radius 3 is 2.34 bits per heavy atom. The molecular formula is C20H32N4O5. The zero-order valence-corrected chi connectivity index (χ0v) is 18.1. The highest BCUT2D eigenvalue weighted by molar-refractivity contribution is 5.99. The Kier molecular flexibility index (Phi) is 9.03. The number of β-amino-alcohol motifs (C(OH)–C–C–N with tert-alkyl or cyclic N) is 1. The Hall–Kier alpha value is -2.68. The van der Waals surface area contributed by atoms with Gasteiger partial charge in [0.1, 0.15) is 18.5 Å². The fourth-order valence-electron chi connectivity index (χ4n) is 2.59. The van der Waals surface area contributed by atoms with E-state index in [9.17, 15) is 19.6 Å². The first-order valence-electron chi connectivity index (χ1n) is 9.66. The third-order valence-electron chi connectivity index (χ3n) is 4.35. The molecule has 0 saturated carbocycles. The number of urea groups is 1. The second-order valence-corrected chi connectivity index (χ2v) is 7.67. The lowest BCUT2D eigenvalue weighted by Crippen LogP contribution is -2.43. The van der Waals surface area contributed by atoms with Crippen molar-refractivity contribution in [2.45, 2.75) is 53.2 Å². The number of hydrogen-bond donors (Lipinski definition) is 2. The lowest BCUT2D eigenvalue weighted by Gasteiger charge is -2.31. The summed E-state index contributed by atoms with van der Waals surface area (Å²) in [4.78, 5) is 36.8. The van der Waals surface area contributed by atoms with E-state index in [0.29, 0.717) is 24.5 Å². The van der Waals surface area contributed by atoms with Crippen LogP contribution in [-0.2, 0) is 0 Å². The van der Waals surface area contributed by atoms with Crippen molar-refractivity contribution >= 4 is 17.5 Å². The van der Waals surface area contributed by atoms with E-state index in [1.165, 1.54) is 11.9 Å². The van der Waals surface area contributed by atoms with Gasteiger partial charge >= 0.3 is 6.03 Å². The van der Waals surface area contributed by atoms with Crippen molar-refractivity contribution in [3.05, 3.63) is 28.7 Å². The SMILES string of the molecule is CCN(CC)C(=O)Nc1ccc(OCC(O)CN(N=O)C(C)(C)C)c(C(C)=O)c1. The van der Waals surface area contributed by atoms with Gasteiger partial charge in [-0.1, -0.05) is 0 Å². The number of ether oxygens (including phenoxy) is 1. The van der Waals surface area contributed by atoms with Crippen molar-refractivity contribution in [1.82, 2.24) is 9.91 Å². The molecule has 0 aliphatic rings. The van der Waals surface area contributed by atoms with Gasteiger partial charge in [0, 0.05) is 18.8 Å². The molecular weight excluding hydrogens is 376 g/mol. The number of hydrogen-bond acceptors (Lipinski definition) is 6. The number of rotatable bonds is 10. The smallest absolute Gasteiger partial charge is 0.321 e. The molecule has 0 aliphatic heterocycles. The average molecular weight is 408 g/mol. The summed E-state index contributed by atoms with van der Waals surface area (Å²) in [6.07, 6.45) is -0.978. The van der Waals surface area contributed by atoms with Crippen molar-refractivity contribution < 1.29 is 19.4 Å². The van der Waals surface area contributed by atoms with Crippen molar-refractivity contribution in [3.63, 3.8) is 0 Å². The molecule has 0 spiro atoms. The first-order valence-corrected chi connectivity index (χ1v) is 9.66. The molecule has 1 rings (SSSR count). The number of nitroso groups, excluding NO2 is 1. The highest BCUT2D eigenvalue weighted by Crippen LogP contribution is 2.24. The Balaban J connectivity index is 2.85. The van der Waals surface area contributed by atoms with Crippen LogP contribution in [0.4, 0.5) is 10.5 Å². The maximum Gasteiger partial charge on any atom is 0.321 e. The number of benzene rings is 1. The Labute approximate surface area is 172 Å². The van der Waals surface area contributed by atoms with Crippen LogP contribution in [-0.4, -0.2) is 64.7 Å². The van der Waals surface area contributed by atoms with Gasteiger partial charge < -0.3 is 20.1 Å². The van der Waals surface area contributed by atoms with Crippen LogP contribution in [0, 0.1) is 4.91 Å². The van der Waals surface area contributed by atoms with E-state index in [1.54, 1.807) is 43.9 Å². The van der Waals surface area contributed by atoms with E-state index in [0.717, 1.165) is 0 Å². The second-order valence-electron chi connectivity index (χ2n) is 7.67. The molecule has 9 nitrogen and oxygen atoms in total. The van der Waals surface area contributed by atoms with Crippen LogP contribution in [0.2, 0.25) is 0 Å². The van der Waals surface area contributed by atoms with Gasteiger partial charge in [0.25, 0.3) is 0 Å². The first-order chi connectivity index (χ1) is 13.5. The monoisotopic (exact) mass is 408 g/mol. The second kappa shape index (κ2) is 10.8. The molecule has 0 fully saturated rings. The molecule has 1 aromatic carbocycles. The van der Waals surface area contributed by atoms with Crippen LogP contribution in [0.3, 0.4) is 0 Å². The molecule has 2 amide bonds. The Morgan fingerprint density at radius 2 is 1.86 bits per heavy atom. The number of carbonyl (C=O) groups is 2. The Morgan fingerprint density at radius 1 is 1.24 bits per heavy atom. The fourth-order valence-corrected chi connectivity index (χ4v) is 2.59. The topological polar surface area (TPSA) is 112 Å². The van der Waals surface area contributed by atoms with Gasteiger partial charge in [0.15, 0.2) is 5.78 Å². The predicted octanol–water partition coefficient (Wildman–Crippen LogP) is 3.28. The van der Waals surface area contributed by atoms with E-state index >= 15 is 0 Å². The van der Waals surface area contributed by atoms with Crippen LogP contribution in [0.1, 0.15) is 51.9 Å². The molecule has 1 unspecified atom stereocenters. The number of nitrogens with zero attached hydrogens (tertiary/aromatic N) is 3. The van der Waals surface area contributed by atoms with Gasteiger partial charge in [-0.05, 0) is 59.7 Å². The molecule has 0 radical (unpaired) electrons. The summed E-state index contributed by atoms with van der Waals surface area (Å²) in [6, 6.07) is 4.49. The van der Waals surface area contributed by atoms with Crippen molar-refractivity contribution in [1.29, 1.82) is 0 Å². The van der Waals surface area contributed by atoms with E-state index in [-0.39, 0.29) is 30.5 Å². The van der Waals surface area contributed by atoms with Crippen LogP contribution < -0.4 is 10.1 Å². The molecule has 0 aromatic heterocycles. The van der Waals surface area contributed by atoms with Crippen molar-refractivity contribution in [3.8, 4) is 5.75 Å². The molecule has 162 valence electrons. The first kappa shape index (κ1) is 24.4. The third kappa shape index (κ3) is 7.34. The van der Waals surface area contributed by atoms with Crippen LogP contribution in [0.5, 0.6) is 5.75 Å². The van der Waals surface area contributed by atoms with E-state index in [2.05, 4.69) is 10.6 Å². The maximum absolute atomic E-state index is 12.2. The highest BCUT2D eigenvalue weighted by atomic mass is 16.5. The largest absolute Gasteiger partial charge is 0.490 e. The number of ketones is 1. The van der Waals surface area contributed by atoms with Crippen molar-refractivity contribution in [2.75, 3.05) is 31.6 Å². The summed E-state index contributed by atoms with van der Waals surface area (Å²) in [5, 5.41) is 17.1. The lowest BCUT2D eigenvalue weighted by atomic mass is 10.1. The van der Waals surface area contributed by atoms with E-state index in [4.69, 9.17) is 4.74 Å². The summed E-state index contributed by atoms with van der Waals surface area (Å²) >= 11 is 0. The molecule has 0 heterocycles. The minimum absolute atomic E-state index is 0.000413. The van der Waals surface area contributed by atoms with Gasteiger partial charge in [-0.2, -0.15) is 0 Å². The normalized spacial score (nSPS) is 12.1. The molecule has 0 bridgehead atoms. The minimum atomic E-state index is -0.978. The number of Topliss-reactive ketones (excluding diaryl/α,β-unsaturated/α-hetero) is 1. The molecule has 0 saturated heterocycles. The molecule has 1 aromatic rings. The summed E-state index contributed by atoms with van der Waals surface area (Å²) in [7, 11) is 0. The number of carbonyl (C=O) groups excluding carboxylic acids is 2. The van der Waals surface area contributed by atoms with Gasteiger partial charge in [0.2, 0.25) is 0 Å². The quantitative estimate of drug-likeness (QED) is 0.349. The summed E-state index contributed by atoms with van der Waals surface area (Å²) in [5.74, 6) is 0.0538. The molecule has 1 atom stereocenters.